The van der Waals surface area contributed by atoms with E-state index < -0.39 is 0 Å². The van der Waals surface area contributed by atoms with Crippen molar-refractivity contribution in [2.75, 3.05) is 0 Å². The van der Waals surface area contributed by atoms with Gasteiger partial charge < -0.3 is 9.88 Å². The third kappa shape index (κ3) is 5.09. The van der Waals surface area contributed by atoms with Crippen LogP contribution in [0.3, 0.4) is 0 Å². The molecule has 0 fully saturated rings. The van der Waals surface area contributed by atoms with Gasteiger partial charge in [-0.15, -0.1) is 0 Å². The summed E-state index contributed by atoms with van der Waals surface area (Å²) < 4.78 is 2.34. The van der Waals surface area contributed by atoms with Gasteiger partial charge in [-0.1, -0.05) is 72.3 Å². The molecule has 0 saturated carbocycles. The number of fused-ring (bicyclic) bond motifs is 1. The lowest BCUT2D eigenvalue weighted by Gasteiger charge is -2.13. The molecule has 0 bridgehead atoms. The maximum absolute atomic E-state index is 6.03. The highest BCUT2D eigenvalue weighted by molar-refractivity contribution is 6.30. The molecular weight excluding hydrogens is 376 g/mol. The van der Waals surface area contributed by atoms with Crippen molar-refractivity contribution < 1.29 is 0 Å². The van der Waals surface area contributed by atoms with Gasteiger partial charge in [-0.25, -0.2) is 0 Å². The van der Waals surface area contributed by atoms with E-state index in [0.29, 0.717) is 6.04 Å². The number of hydrogen-bond donors (Lipinski definition) is 1. The van der Waals surface area contributed by atoms with Crippen LogP contribution in [0.2, 0.25) is 5.02 Å². The first kappa shape index (κ1) is 19.8. The van der Waals surface area contributed by atoms with Crippen LogP contribution in [0.5, 0.6) is 0 Å². The van der Waals surface area contributed by atoms with E-state index in [2.05, 4.69) is 89.7 Å². The number of nitrogens with zero attached hydrogens (tertiary/aromatic N) is 1. The highest BCUT2D eigenvalue weighted by atomic mass is 35.5. The molecule has 4 rings (SSSR count). The lowest BCUT2D eigenvalue weighted by atomic mass is 10.1. The van der Waals surface area contributed by atoms with E-state index in [1.165, 1.54) is 27.6 Å². The third-order valence-corrected chi connectivity index (χ3v) is 5.74. The third-order valence-electron chi connectivity index (χ3n) is 5.49. The van der Waals surface area contributed by atoms with Crippen molar-refractivity contribution in [1.29, 1.82) is 0 Å². The summed E-state index contributed by atoms with van der Waals surface area (Å²) in [4.78, 5) is 0. The minimum absolute atomic E-state index is 0.466. The van der Waals surface area contributed by atoms with Crippen LogP contribution in [0.1, 0.15) is 30.0 Å². The van der Waals surface area contributed by atoms with Crippen LogP contribution in [-0.4, -0.2) is 10.6 Å². The Hall–Kier alpha value is -2.55. The second-order valence-electron chi connectivity index (χ2n) is 7.73. The van der Waals surface area contributed by atoms with Crippen molar-refractivity contribution in [3.05, 3.63) is 107 Å². The first-order chi connectivity index (χ1) is 14.2. The molecule has 0 aliphatic heterocycles. The van der Waals surface area contributed by atoms with Crippen molar-refractivity contribution in [2.45, 2.75) is 38.9 Å². The maximum Gasteiger partial charge on any atom is 0.0486 e. The molecule has 1 atom stereocenters. The molecule has 0 aliphatic rings. The SMILES string of the molecule is C[C@@H](CCc1ccccc1)NCc1cn(Cc2ccc(Cl)cc2)c2ccccc12. The summed E-state index contributed by atoms with van der Waals surface area (Å²) in [7, 11) is 0. The molecular formula is C26H27ClN2. The van der Waals surface area contributed by atoms with Crippen LogP contribution in [0.25, 0.3) is 10.9 Å². The minimum atomic E-state index is 0.466. The number of hydrogen-bond acceptors (Lipinski definition) is 1. The van der Waals surface area contributed by atoms with E-state index in [1.807, 2.05) is 12.1 Å². The van der Waals surface area contributed by atoms with Gasteiger partial charge in [-0.2, -0.15) is 0 Å². The Balaban J connectivity index is 1.44. The summed E-state index contributed by atoms with van der Waals surface area (Å²) >= 11 is 6.03. The predicted molar refractivity (Wildman–Crippen MR) is 124 cm³/mol. The lowest BCUT2D eigenvalue weighted by Crippen LogP contribution is -2.25. The van der Waals surface area contributed by atoms with E-state index in [1.54, 1.807) is 0 Å². The molecule has 2 nitrogen and oxygen atoms in total. The van der Waals surface area contributed by atoms with Gasteiger partial charge in [-0.05, 0) is 54.7 Å². The fraction of sp³-hybridized carbons (Fsp3) is 0.231. The van der Waals surface area contributed by atoms with Crippen LogP contribution in [0, 0.1) is 0 Å². The lowest BCUT2D eigenvalue weighted by molar-refractivity contribution is 0.514. The monoisotopic (exact) mass is 402 g/mol. The highest BCUT2D eigenvalue weighted by Gasteiger charge is 2.10. The normalized spacial score (nSPS) is 12.3. The zero-order chi connectivity index (χ0) is 20.1. The van der Waals surface area contributed by atoms with E-state index >= 15 is 0 Å². The Labute approximate surface area is 178 Å². The molecule has 3 aromatic carbocycles. The van der Waals surface area contributed by atoms with Crippen LogP contribution < -0.4 is 5.32 Å². The second kappa shape index (κ2) is 9.30. The van der Waals surface area contributed by atoms with E-state index in [4.69, 9.17) is 11.6 Å². The fourth-order valence-corrected chi connectivity index (χ4v) is 3.92. The molecule has 3 heteroatoms. The Bertz CT molecular complexity index is 1050. The predicted octanol–water partition coefficient (Wildman–Crippen LogP) is 6.45. The molecule has 148 valence electrons. The molecule has 0 aliphatic carbocycles. The van der Waals surface area contributed by atoms with Crippen LogP contribution in [-0.2, 0) is 19.5 Å². The molecule has 0 spiro atoms. The summed E-state index contributed by atoms with van der Waals surface area (Å²) in [6, 6.07) is 27.9. The Morgan fingerprint density at radius 1 is 0.862 bits per heavy atom. The Kier molecular flexibility index (Phi) is 6.33. The summed E-state index contributed by atoms with van der Waals surface area (Å²) in [5.74, 6) is 0. The van der Waals surface area contributed by atoms with Gasteiger partial charge in [0.2, 0.25) is 0 Å². The average molecular weight is 403 g/mol. The van der Waals surface area contributed by atoms with Gasteiger partial charge in [0.25, 0.3) is 0 Å². The molecule has 0 amide bonds. The first-order valence-corrected chi connectivity index (χ1v) is 10.7. The maximum atomic E-state index is 6.03. The van der Waals surface area contributed by atoms with Crippen LogP contribution in [0.4, 0.5) is 0 Å². The standard InChI is InChI=1S/C26H27ClN2/c1-20(11-12-21-7-3-2-4-8-21)28-17-23-19-29(26-10-6-5-9-25(23)26)18-22-13-15-24(27)16-14-22/h2-10,13-16,19-20,28H,11-12,17-18H2,1H3/t20-/m0/s1. The molecule has 1 N–H and O–H groups in total. The molecule has 0 saturated heterocycles. The molecule has 0 radical (unpaired) electrons. The van der Waals surface area contributed by atoms with Gasteiger partial charge in [0.15, 0.2) is 0 Å². The van der Waals surface area contributed by atoms with Crippen molar-refractivity contribution in [3.8, 4) is 0 Å². The molecule has 1 heterocycles. The van der Waals surface area contributed by atoms with Crippen LogP contribution in [0.15, 0.2) is 85.1 Å². The van der Waals surface area contributed by atoms with Crippen molar-refractivity contribution in [3.63, 3.8) is 0 Å². The average Bonchev–Trinajstić information content (AvgIpc) is 3.11. The number of benzene rings is 3. The van der Waals surface area contributed by atoms with E-state index in [-0.39, 0.29) is 0 Å². The Morgan fingerprint density at radius 3 is 2.38 bits per heavy atom. The summed E-state index contributed by atoms with van der Waals surface area (Å²) in [6.07, 6.45) is 4.52. The number of halogens is 1. The van der Waals surface area contributed by atoms with E-state index in [0.717, 1.165) is 31.0 Å². The highest BCUT2D eigenvalue weighted by Crippen LogP contribution is 2.23. The first-order valence-electron chi connectivity index (χ1n) is 10.3. The zero-order valence-corrected chi connectivity index (χ0v) is 17.6. The second-order valence-corrected chi connectivity index (χ2v) is 8.17. The number of nitrogens with one attached hydrogen (secondary N) is 1. The summed E-state index contributed by atoms with van der Waals surface area (Å²) in [5, 5.41) is 5.82. The van der Waals surface area contributed by atoms with Gasteiger partial charge in [0.05, 0.1) is 0 Å². The number of aryl methyl sites for hydroxylation is 1. The van der Waals surface area contributed by atoms with Crippen molar-refractivity contribution >= 4 is 22.5 Å². The summed E-state index contributed by atoms with van der Waals surface area (Å²) in [6.45, 7) is 4.00. The topological polar surface area (TPSA) is 17.0 Å². The van der Waals surface area contributed by atoms with E-state index in [9.17, 15) is 0 Å². The molecule has 0 unspecified atom stereocenters. The Morgan fingerprint density at radius 2 is 1.59 bits per heavy atom. The van der Waals surface area contributed by atoms with Crippen molar-refractivity contribution in [2.24, 2.45) is 0 Å². The number of para-hydroxylation sites is 1. The minimum Gasteiger partial charge on any atom is -0.343 e. The molecule has 4 aromatic rings. The van der Waals surface area contributed by atoms with Gasteiger partial charge in [0.1, 0.15) is 0 Å². The quantitative estimate of drug-likeness (QED) is 0.358. The number of aromatic nitrogens is 1. The van der Waals surface area contributed by atoms with Crippen molar-refractivity contribution in [1.82, 2.24) is 9.88 Å². The number of rotatable bonds is 8. The smallest absolute Gasteiger partial charge is 0.0486 e. The van der Waals surface area contributed by atoms with Gasteiger partial charge in [-0.3, -0.25) is 0 Å². The summed E-state index contributed by atoms with van der Waals surface area (Å²) in [5.41, 5.74) is 5.28. The zero-order valence-electron chi connectivity index (χ0n) is 16.8. The molecule has 29 heavy (non-hydrogen) atoms. The van der Waals surface area contributed by atoms with Crippen LogP contribution >= 0.6 is 11.6 Å². The van der Waals surface area contributed by atoms with Gasteiger partial charge in [0, 0.05) is 41.3 Å². The molecule has 1 aromatic heterocycles. The van der Waals surface area contributed by atoms with Gasteiger partial charge >= 0.3 is 0 Å². The largest absolute Gasteiger partial charge is 0.343 e. The fourth-order valence-electron chi connectivity index (χ4n) is 3.80.